The number of carbonyl (C=O) groups excluding carboxylic acids is 1. The van der Waals surface area contributed by atoms with E-state index in [9.17, 15) is 4.79 Å². The number of carbonyl (C=O) groups is 1. The van der Waals surface area contributed by atoms with E-state index < -0.39 is 0 Å². The van der Waals surface area contributed by atoms with Crippen molar-refractivity contribution in [2.45, 2.75) is 75.9 Å². The first-order valence-corrected chi connectivity index (χ1v) is 20.1. The molecule has 0 bridgehead atoms. The Hall–Kier alpha value is -4.57. The number of anilines is 1. The molecular weight excluding hydrogens is 781 g/mol. The Balaban J connectivity index is 0.000000129. The number of halogens is 3. The highest BCUT2D eigenvalue weighted by molar-refractivity contribution is 9.10. The predicted molar refractivity (Wildman–Crippen MR) is 222 cm³/mol. The lowest BCUT2D eigenvalue weighted by Crippen LogP contribution is -2.32. The van der Waals surface area contributed by atoms with Gasteiger partial charge in [0.2, 0.25) is 5.91 Å². The molecule has 0 spiro atoms. The summed E-state index contributed by atoms with van der Waals surface area (Å²) in [6, 6.07) is 35.8. The molecule has 6 aromatic rings. The van der Waals surface area contributed by atoms with Gasteiger partial charge in [0.05, 0.1) is 38.2 Å². The molecule has 1 saturated heterocycles. The third-order valence-electron chi connectivity index (χ3n) is 9.85. The van der Waals surface area contributed by atoms with Gasteiger partial charge in [-0.2, -0.15) is 0 Å². The maximum atomic E-state index is 11.1. The Kier molecular flexibility index (Phi) is 12.7. The van der Waals surface area contributed by atoms with E-state index in [-0.39, 0.29) is 18.0 Å². The van der Waals surface area contributed by atoms with Crippen LogP contribution in [-0.2, 0) is 11.2 Å². The number of aromatic nitrogens is 4. The fourth-order valence-electron chi connectivity index (χ4n) is 7.27. The number of amidine groups is 1. The summed E-state index contributed by atoms with van der Waals surface area (Å²) in [4.78, 5) is 29.3. The molecule has 3 atom stereocenters. The Bertz CT molecular complexity index is 2200. The zero-order valence-corrected chi connectivity index (χ0v) is 32.9. The quantitative estimate of drug-likeness (QED) is 0.185. The van der Waals surface area contributed by atoms with Crippen LogP contribution in [0.1, 0.15) is 92.0 Å². The van der Waals surface area contributed by atoms with E-state index in [4.69, 9.17) is 28.2 Å². The Morgan fingerprint density at radius 1 is 0.722 bits per heavy atom. The minimum atomic E-state index is 0.181. The molecule has 3 aliphatic rings. The monoisotopic (exact) mass is 821 g/mol. The molecule has 276 valence electrons. The third-order valence-corrected chi connectivity index (χ3v) is 10.9. The standard InChI is InChI=1S/C16H15BrClN3.C16H14ClN3.C11H13NO/c17-13-9-12(18)10-19-16(13)21-15-8-4-7-14(20-15)11-5-2-1-3-6-11;17-12-9-14-16(18-10-12)19-15-8-4-7-13(20(14)15)11-5-2-1-3-6-11;13-11-8-4-7-10(12-11)9-5-2-1-3-6-9/h1-3,5-6,9-10,14H,4,7-8H2,(H,19,20,21);1-3,5-6,9-10,13H,4,7-8H2;1-3,5-6,10H,4,7-8H2,(H,12,13). The van der Waals surface area contributed by atoms with Crippen molar-refractivity contribution >= 4 is 67.9 Å². The highest BCUT2D eigenvalue weighted by Gasteiger charge is 2.25. The normalized spacial score (nSPS) is 19.2. The molecule has 9 rings (SSSR count). The van der Waals surface area contributed by atoms with Crippen molar-refractivity contribution in [2.24, 2.45) is 4.99 Å². The van der Waals surface area contributed by atoms with Crippen molar-refractivity contribution in [2.75, 3.05) is 5.32 Å². The van der Waals surface area contributed by atoms with E-state index in [0.29, 0.717) is 22.5 Å². The number of benzene rings is 3. The number of amides is 1. The van der Waals surface area contributed by atoms with Crippen molar-refractivity contribution in [3.05, 3.63) is 153 Å². The van der Waals surface area contributed by atoms with Gasteiger partial charge >= 0.3 is 0 Å². The molecule has 0 radical (unpaired) electrons. The molecule has 1 fully saturated rings. The van der Waals surface area contributed by atoms with E-state index in [2.05, 4.69) is 113 Å². The van der Waals surface area contributed by atoms with Gasteiger partial charge in [0, 0.05) is 31.7 Å². The van der Waals surface area contributed by atoms with Crippen molar-refractivity contribution < 1.29 is 4.79 Å². The van der Waals surface area contributed by atoms with Crippen LogP contribution in [0.15, 0.2) is 125 Å². The SMILES string of the molecule is Clc1cnc(NC2=NC(c3ccccc3)CCC2)c(Br)c1.Clc1cnc2nc3n(c2c1)C(c1ccccc1)CCC3.O=C1CCCC(c2ccccc2)N1. The van der Waals surface area contributed by atoms with Gasteiger partial charge in [-0.3, -0.25) is 9.79 Å². The zero-order valence-electron chi connectivity index (χ0n) is 29.8. The maximum Gasteiger partial charge on any atom is 0.220 e. The Labute approximate surface area is 334 Å². The molecule has 3 aromatic heterocycles. The van der Waals surface area contributed by atoms with Crippen molar-refractivity contribution in [1.29, 1.82) is 0 Å². The van der Waals surface area contributed by atoms with Gasteiger partial charge in [-0.1, -0.05) is 114 Å². The van der Waals surface area contributed by atoms with E-state index in [1.807, 2.05) is 36.4 Å². The molecule has 1 amide bonds. The second-order valence-electron chi connectivity index (χ2n) is 13.6. The molecule has 2 N–H and O–H groups in total. The fraction of sp³-hybridized carbons (Fsp3) is 0.279. The van der Waals surface area contributed by atoms with E-state index >= 15 is 0 Å². The molecule has 0 saturated carbocycles. The van der Waals surface area contributed by atoms with Crippen LogP contribution in [0, 0.1) is 0 Å². The van der Waals surface area contributed by atoms with Gasteiger partial charge in [-0.25, -0.2) is 15.0 Å². The van der Waals surface area contributed by atoms with Gasteiger partial charge in [0.25, 0.3) is 0 Å². The minimum absolute atomic E-state index is 0.181. The molecule has 54 heavy (non-hydrogen) atoms. The number of piperidine rings is 1. The lowest BCUT2D eigenvalue weighted by Gasteiger charge is -2.26. The van der Waals surface area contributed by atoms with Crippen LogP contribution < -0.4 is 10.6 Å². The Morgan fingerprint density at radius 3 is 2.06 bits per heavy atom. The van der Waals surface area contributed by atoms with Crippen LogP contribution in [-0.4, -0.2) is 31.3 Å². The highest BCUT2D eigenvalue weighted by atomic mass is 79.9. The first-order valence-electron chi connectivity index (χ1n) is 18.5. The van der Waals surface area contributed by atoms with Gasteiger partial charge in [0.1, 0.15) is 17.5 Å². The molecule has 11 heteroatoms. The first kappa shape index (κ1) is 37.7. The van der Waals surface area contributed by atoms with Crippen LogP contribution in [0.4, 0.5) is 5.82 Å². The second kappa shape index (κ2) is 18.2. The van der Waals surface area contributed by atoms with Crippen molar-refractivity contribution in [1.82, 2.24) is 24.8 Å². The first-order chi connectivity index (χ1) is 26.4. The summed E-state index contributed by atoms with van der Waals surface area (Å²) in [6.07, 6.45) is 12.5. The summed E-state index contributed by atoms with van der Waals surface area (Å²) >= 11 is 15.5. The summed E-state index contributed by atoms with van der Waals surface area (Å²) < 4.78 is 3.16. The van der Waals surface area contributed by atoms with Crippen LogP contribution in [0.2, 0.25) is 10.0 Å². The zero-order chi connectivity index (χ0) is 37.3. The van der Waals surface area contributed by atoms with E-state index in [0.717, 1.165) is 84.5 Å². The molecule has 8 nitrogen and oxygen atoms in total. The average molecular weight is 824 g/mol. The van der Waals surface area contributed by atoms with Gasteiger partial charge in [-0.05, 0) is 83.3 Å². The molecular formula is C43H42BrCl2N7O. The number of fused-ring (bicyclic) bond motifs is 3. The number of nitrogens with zero attached hydrogens (tertiary/aromatic N) is 5. The number of aliphatic imine (C=N–C) groups is 1. The average Bonchev–Trinajstić information content (AvgIpc) is 3.59. The lowest BCUT2D eigenvalue weighted by atomic mass is 9.97. The number of hydrogen-bond donors (Lipinski definition) is 2. The van der Waals surface area contributed by atoms with Gasteiger partial charge in [-0.15, -0.1) is 0 Å². The topological polar surface area (TPSA) is 97.1 Å². The molecule has 3 unspecified atom stereocenters. The van der Waals surface area contributed by atoms with E-state index in [1.165, 1.54) is 16.7 Å². The van der Waals surface area contributed by atoms with Crippen LogP contribution in [0.25, 0.3) is 11.2 Å². The van der Waals surface area contributed by atoms with Crippen LogP contribution in [0.5, 0.6) is 0 Å². The third kappa shape index (κ3) is 9.56. The van der Waals surface area contributed by atoms with E-state index in [1.54, 1.807) is 12.4 Å². The summed E-state index contributed by atoms with van der Waals surface area (Å²) in [5.74, 6) is 3.03. The molecule has 6 heterocycles. The number of nitrogens with one attached hydrogen (secondary N) is 2. The number of imidazole rings is 1. The summed E-state index contributed by atoms with van der Waals surface area (Å²) in [7, 11) is 0. The van der Waals surface area contributed by atoms with Gasteiger partial charge < -0.3 is 15.2 Å². The number of pyridine rings is 2. The number of aryl methyl sites for hydroxylation is 1. The highest BCUT2D eigenvalue weighted by Crippen LogP contribution is 2.35. The lowest BCUT2D eigenvalue weighted by molar-refractivity contribution is -0.123. The molecule has 3 aliphatic heterocycles. The molecule has 3 aromatic carbocycles. The second-order valence-corrected chi connectivity index (χ2v) is 15.4. The smallest absolute Gasteiger partial charge is 0.220 e. The molecule has 0 aliphatic carbocycles. The number of hydrogen-bond acceptors (Lipinski definition) is 6. The maximum absolute atomic E-state index is 11.1. The fourth-order valence-corrected chi connectivity index (χ4v) is 8.16. The largest absolute Gasteiger partial charge is 0.349 e. The minimum Gasteiger partial charge on any atom is -0.349 e. The van der Waals surface area contributed by atoms with Gasteiger partial charge in [0.15, 0.2) is 5.65 Å². The van der Waals surface area contributed by atoms with Crippen molar-refractivity contribution in [3.63, 3.8) is 0 Å². The Morgan fingerprint density at radius 2 is 1.35 bits per heavy atom. The van der Waals surface area contributed by atoms with Crippen molar-refractivity contribution in [3.8, 4) is 0 Å². The van der Waals surface area contributed by atoms with Crippen LogP contribution in [0.3, 0.4) is 0 Å². The predicted octanol–water partition coefficient (Wildman–Crippen LogP) is 11.3. The van der Waals surface area contributed by atoms with Crippen LogP contribution >= 0.6 is 39.1 Å². The summed E-state index contributed by atoms with van der Waals surface area (Å²) in [6.45, 7) is 0. The number of rotatable bonds is 4. The summed E-state index contributed by atoms with van der Waals surface area (Å²) in [5.41, 5.74) is 5.65. The summed E-state index contributed by atoms with van der Waals surface area (Å²) in [5, 5.41) is 7.58.